The molecule has 0 saturated carbocycles. The van der Waals surface area contributed by atoms with Crippen LogP contribution < -0.4 is 5.73 Å². The van der Waals surface area contributed by atoms with Gasteiger partial charge in [0.25, 0.3) is 0 Å². The molecule has 0 aromatic rings. The standard InChI is InChI=1S/C8H14N2O2S/c9-4-2-1-3-5-13-6-7(10)8(11)12/h7H,1-3,5-6,10H2,(H,11,12)/t7-/m0/s1. The lowest BCUT2D eigenvalue weighted by Gasteiger charge is -2.04. The van der Waals surface area contributed by atoms with Crippen LogP contribution in [-0.4, -0.2) is 28.6 Å². The molecule has 0 unspecified atom stereocenters. The maximum atomic E-state index is 10.3. The number of thioether (sulfide) groups is 1. The average molecular weight is 202 g/mol. The Morgan fingerprint density at radius 1 is 1.62 bits per heavy atom. The fourth-order valence-electron chi connectivity index (χ4n) is 0.690. The molecular formula is C8H14N2O2S. The summed E-state index contributed by atoms with van der Waals surface area (Å²) in [6.45, 7) is 0. The predicted octanol–water partition coefficient (Wildman–Crippen LogP) is 0.825. The molecule has 0 aliphatic heterocycles. The Balaban J connectivity index is 3.17. The normalized spacial score (nSPS) is 12.0. The van der Waals surface area contributed by atoms with Gasteiger partial charge in [0.05, 0.1) is 6.07 Å². The monoisotopic (exact) mass is 202 g/mol. The van der Waals surface area contributed by atoms with Crippen molar-refractivity contribution >= 4 is 17.7 Å². The van der Waals surface area contributed by atoms with Gasteiger partial charge in [-0.25, -0.2) is 0 Å². The summed E-state index contributed by atoms with van der Waals surface area (Å²) in [6.07, 6.45) is 2.40. The summed E-state index contributed by atoms with van der Waals surface area (Å²) in [7, 11) is 0. The maximum absolute atomic E-state index is 10.3. The first-order valence-electron chi connectivity index (χ1n) is 4.11. The van der Waals surface area contributed by atoms with Crippen molar-refractivity contribution in [2.24, 2.45) is 5.73 Å². The minimum absolute atomic E-state index is 0.446. The number of hydrogen-bond donors (Lipinski definition) is 2. The molecule has 0 aromatic carbocycles. The first-order valence-corrected chi connectivity index (χ1v) is 5.27. The Kier molecular flexibility index (Phi) is 7.45. The van der Waals surface area contributed by atoms with Crippen LogP contribution in [0.4, 0.5) is 0 Å². The van der Waals surface area contributed by atoms with Gasteiger partial charge < -0.3 is 10.8 Å². The molecule has 4 nitrogen and oxygen atoms in total. The Morgan fingerprint density at radius 3 is 2.85 bits per heavy atom. The van der Waals surface area contributed by atoms with Crippen molar-refractivity contribution in [1.29, 1.82) is 5.26 Å². The van der Waals surface area contributed by atoms with Crippen molar-refractivity contribution in [3.63, 3.8) is 0 Å². The molecular weight excluding hydrogens is 188 g/mol. The van der Waals surface area contributed by atoms with Crippen molar-refractivity contribution < 1.29 is 9.90 Å². The van der Waals surface area contributed by atoms with E-state index in [4.69, 9.17) is 16.1 Å². The molecule has 0 rings (SSSR count). The third-order valence-electron chi connectivity index (χ3n) is 1.44. The molecule has 0 aliphatic carbocycles. The summed E-state index contributed by atoms with van der Waals surface area (Å²) >= 11 is 1.52. The van der Waals surface area contributed by atoms with Crippen molar-refractivity contribution in [2.45, 2.75) is 25.3 Å². The number of unbranched alkanes of at least 4 members (excludes halogenated alkanes) is 2. The number of carbonyl (C=O) groups is 1. The fourth-order valence-corrected chi connectivity index (χ4v) is 1.66. The number of hydrogen-bond acceptors (Lipinski definition) is 4. The summed E-state index contributed by atoms with van der Waals surface area (Å²) in [5.41, 5.74) is 5.28. The lowest BCUT2D eigenvalue weighted by atomic mass is 10.3. The SMILES string of the molecule is N#CCCCCSC[C@H](N)C(=O)O. The molecule has 0 amide bonds. The van der Waals surface area contributed by atoms with Crippen LogP contribution in [0, 0.1) is 11.3 Å². The van der Waals surface area contributed by atoms with Crippen LogP contribution in [0.5, 0.6) is 0 Å². The summed E-state index contributed by atoms with van der Waals surface area (Å²) in [5, 5.41) is 16.7. The molecule has 3 N–H and O–H groups in total. The number of nitrogens with zero attached hydrogens (tertiary/aromatic N) is 1. The number of carboxylic acid groups (broad SMARTS) is 1. The molecule has 1 atom stereocenters. The Morgan fingerprint density at radius 2 is 2.31 bits per heavy atom. The first-order chi connectivity index (χ1) is 6.18. The second-order valence-corrected chi connectivity index (χ2v) is 3.78. The van der Waals surface area contributed by atoms with Crippen LogP contribution in [0.1, 0.15) is 19.3 Å². The van der Waals surface area contributed by atoms with Crippen LogP contribution >= 0.6 is 11.8 Å². The van der Waals surface area contributed by atoms with Gasteiger partial charge in [0.2, 0.25) is 0 Å². The maximum Gasteiger partial charge on any atom is 0.321 e. The number of rotatable bonds is 7. The second-order valence-electron chi connectivity index (χ2n) is 2.63. The molecule has 13 heavy (non-hydrogen) atoms. The van der Waals surface area contributed by atoms with E-state index in [0.29, 0.717) is 12.2 Å². The van der Waals surface area contributed by atoms with Crippen LogP contribution in [0.2, 0.25) is 0 Å². The minimum Gasteiger partial charge on any atom is -0.480 e. The molecule has 0 bridgehead atoms. The van der Waals surface area contributed by atoms with E-state index in [1.54, 1.807) is 0 Å². The van der Waals surface area contributed by atoms with E-state index in [2.05, 4.69) is 6.07 Å². The highest BCUT2D eigenvalue weighted by molar-refractivity contribution is 7.99. The van der Waals surface area contributed by atoms with Gasteiger partial charge in [0, 0.05) is 12.2 Å². The minimum atomic E-state index is -0.954. The van der Waals surface area contributed by atoms with Gasteiger partial charge in [-0.15, -0.1) is 0 Å². The molecule has 0 radical (unpaired) electrons. The van der Waals surface area contributed by atoms with Crippen molar-refractivity contribution in [1.82, 2.24) is 0 Å². The van der Waals surface area contributed by atoms with E-state index in [1.165, 1.54) is 11.8 Å². The smallest absolute Gasteiger partial charge is 0.321 e. The summed E-state index contributed by atoms with van der Waals surface area (Å²) in [6, 6.07) is 1.29. The lowest BCUT2D eigenvalue weighted by Crippen LogP contribution is -2.32. The highest BCUT2D eigenvalue weighted by Crippen LogP contribution is 2.06. The van der Waals surface area contributed by atoms with E-state index >= 15 is 0 Å². The Hall–Kier alpha value is -0.730. The van der Waals surface area contributed by atoms with E-state index < -0.39 is 12.0 Å². The van der Waals surface area contributed by atoms with Gasteiger partial charge in [0.1, 0.15) is 6.04 Å². The highest BCUT2D eigenvalue weighted by Gasteiger charge is 2.09. The summed E-state index contributed by atoms with van der Waals surface area (Å²) in [4.78, 5) is 10.3. The van der Waals surface area contributed by atoms with Crippen LogP contribution in [0.15, 0.2) is 0 Å². The zero-order valence-electron chi connectivity index (χ0n) is 7.40. The van der Waals surface area contributed by atoms with Gasteiger partial charge in [-0.05, 0) is 18.6 Å². The number of aliphatic carboxylic acids is 1. The topological polar surface area (TPSA) is 87.1 Å². The van der Waals surface area contributed by atoms with Crippen LogP contribution in [0.3, 0.4) is 0 Å². The van der Waals surface area contributed by atoms with E-state index in [1.807, 2.05) is 0 Å². The molecule has 0 fully saturated rings. The zero-order valence-corrected chi connectivity index (χ0v) is 8.22. The van der Waals surface area contributed by atoms with Crippen LogP contribution in [0.25, 0.3) is 0 Å². The fraction of sp³-hybridized carbons (Fsp3) is 0.750. The van der Waals surface area contributed by atoms with Gasteiger partial charge in [-0.3, -0.25) is 4.79 Å². The highest BCUT2D eigenvalue weighted by atomic mass is 32.2. The van der Waals surface area contributed by atoms with Gasteiger partial charge in [-0.1, -0.05) is 0 Å². The van der Waals surface area contributed by atoms with Crippen molar-refractivity contribution in [3.05, 3.63) is 0 Å². The average Bonchev–Trinajstić information content (AvgIpc) is 2.10. The molecule has 0 saturated heterocycles. The Labute approximate surface area is 82.1 Å². The zero-order chi connectivity index (χ0) is 10.1. The third kappa shape index (κ3) is 7.62. The largest absolute Gasteiger partial charge is 0.480 e. The van der Waals surface area contributed by atoms with E-state index in [9.17, 15) is 4.79 Å². The molecule has 74 valence electrons. The van der Waals surface area contributed by atoms with Gasteiger partial charge in [-0.2, -0.15) is 17.0 Å². The third-order valence-corrected chi connectivity index (χ3v) is 2.61. The van der Waals surface area contributed by atoms with E-state index in [-0.39, 0.29) is 0 Å². The quantitative estimate of drug-likeness (QED) is 0.597. The molecule has 0 aliphatic rings. The number of carboxylic acids is 1. The summed E-state index contributed by atoms with van der Waals surface area (Å²) < 4.78 is 0. The molecule has 0 spiro atoms. The molecule has 0 heterocycles. The van der Waals surface area contributed by atoms with Gasteiger partial charge >= 0.3 is 5.97 Å². The van der Waals surface area contributed by atoms with Crippen LogP contribution in [-0.2, 0) is 4.79 Å². The van der Waals surface area contributed by atoms with E-state index in [0.717, 1.165) is 18.6 Å². The summed E-state index contributed by atoms with van der Waals surface area (Å²) in [5.74, 6) is 0.370. The predicted molar refractivity (Wildman–Crippen MR) is 52.4 cm³/mol. The second kappa shape index (κ2) is 7.90. The molecule has 0 aromatic heterocycles. The lowest BCUT2D eigenvalue weighted by molar-refractivity contribution is -0.137. The Bertz CT molecular complexity index is 191. The van der Waals surface area contributed by atoms with Crippen molar-refractivity contribution in [2.75, 3.05) is 11.5 Å². The molecule has 5 heteroatoms. The van der Waals surface area contributed by atoms with Crippen molar-refractivity contribution in [3.8, 4) is 6.07 Å². The number of nitrogens with two attached hydrogens (primary N) is 1. The number of nitriles is 1. The van der Waals surface area contributed by atoms with Gasteiger partial charge in [0.15, 0.2) is 0 Å². The first kappa shape index (κ1) is 12.3.